The van der Waals surface area contributed by atoms with Gasteiger partial charge in [-0.2, -0.15) is 0 Å². The van der Waals surface area contributed by atoms with Gasteiger partial charge in [0.1, 0.15) is 0 Å². The lowest BCUT2D eigenvalue weighted by atomic mass is 9.78. The highest BCUT2D eigenvalue weighted by molar-refractivity contribution is 6.30. The summed E-state index contributed by atoms with van der Waals surface area (Å²) in [5, 5.41) is 3.77. The second-order valence-corrected chi connectivity index (χ2v) is 7.60. The van der Waals surface area contributed by atoms with E-state index in [0.29, 0.717) is 17.3 Å². The lowest BCUT2D eigenvalue weighted by Crippen LogP contribution is -2.38. The smallest absolute Gasteiger partial charge is 0.244 e. The zero-order valence-electron chi connectivity index (χ0n) is 16.3. The summed E-state index contributed by atoms with van der Waals surface area (Å²) in [5.41, 5.74) is 2.06. The fraction of sp³-hybridized carbons (Fsp3) is 0.348. The second kappa shape index (κ2) is 9.16. The van der Waals surface area contributed by atoms with E-state index in [1.54, 1.807) is 26.4 Å². The Bertz CT molecular complexity index is 839. The number of hydrogen-bond donors (Lipinski definition) is 1. The van der Waals surface area contributed by atoms with Gasteiger partial charge in [-0.15, -0.1) is 0 Å². The van der Waals surface area contributed by atoms with E-state index in [2.05, 4.69) is 11.4 Å². The molecule has 1 amide bonds. The molecule has 0 spiro atoms. The average Bonchev–Trinajstić information content (AvgIpc) is 3.21. The minimum absolute atomic E-state index is 0.0661. The van der Waals surface area contributed by atoms with Gasteiger partial charge >= 0.3 is 0 Å². The molecule has 148 valence electrons. The van der Waals surface area contributed by atoms with E-state index in [9.17, 15) is 4.79 Å². The standard InChI is InChI=1S/C23H26ClNO3/c1-27-20-11-8-18(15-21(20)28-2)23(13-3-4-14-23)16-25-22(26)12-7-17-5-9-19(24)10-6-17/h5-12,15H,3-4,13-14,16H2,1-2H3,(H,25,26). The highest BCUT2D eigenvalue weighted by Crippen LogP contribution is 2.43. The van der Waals surface area contributed by atoms with E-state index in [1.165, 1.54) is 5.56 Å². The van der Waals surface area contributed by atoms with Crippen LogP contribution in [-0.2, 0) is 10.2 Å². The Morgan fingerprint density at radius 3 is 2.39 bits per heavy atom. The SMILES string of the molecule is COc1ccc(C2(CNC(=O)C=Cc3ccc(Cl)cc3)CCCC2)cc1OC. The number of nitrogens with one attached hydrogen (secondary N) is 1. The molecule has 0 radical (unpaired) electrons. The summed E-state index contributed by atoms with van der Waals surface area (Å²) in [6, 6.07) is 13.5. The van der Waals surface area contributed by atoms with Gasteiger partial charge in [-0.3, -0.25) is 4.79 Å². The average molecular weight is 400 g/mol. The summed E-state index contributed by atoms with van der Waals surface area (Å²) in [5.74, 6) is 1.34. The van der Waals surface area contributed by atoms with Gasteiger partial charge in [0, 0.05) is 23.1 Å². The largest absolute Gasteiger partial charge is 0.493 e. The monoisotopic (exact) mass is 399 g/mol. The van der Waals surface area contributed by atoms with Gasteiger partial charge in [0.25, 0.3) is 0 Å². The maximum atomic E-state index is 12.4. The number of methoxy groups -OCH3 is 2. The van der Waals surface area contributed by atoms with Crippen molar-refractivity contribution in [2.75, 3.05) is 20.8 Å². The van der Waals surface area contributed by atoms with Crippen molar-refractivity contribution in [2.24, 2.45) is 0 Å². The fourth-order valence-electron chi connectivity index (χ4n) is 3.85. The summed E-state index contributed by atoms with van der Waals surface area (Å²) in [6.07, 6.45) is 7.77. The summed E-state index contributed by atoms with van der Waals surface area (Å²) in [7, 11) is 3.28. The Morgan fingerprint density at radius 1 is 1.07 bits per heavy atom. The zero-order valence-corrected chi connectivity index (χ0v) is 17.1. The minimum atomic E-state index is -0.0956. The van der Waals surface area contributed by atoms with Crippen LogP contribution in [0.4, 0.5) is 0 Å². The van der Waals surface area contributed by atoms with Crippen LogP contribution in [0.1, 0.15) is 36.8 Å². The Labute approximate surface area is 171 Å². The Hall–Kier alpha value is -2.46. The summed E-state index contributed by atoms with van der Waals surface area (Å²) in [6.45, 7) is 0.603. The molecule has 0 heterocycles. The van der Waals surface area contributed by atoms with Crippen molar-refractivity contribution in [2.45, 2.75) is 31.1 Å². The molecule has 0 aromatic heterocycles. The molecule has 0 unspecified atom stereocenters. The van der Waals surface area contributed by atoms with Crippen molar-refractivity contribution in [3.63, 3.8) is 0 Å². The number of ether oxygens (including phenoxy) is 2. The third-order valence-corrected chi connectivity index (χ3v) is 5.71. The lowest BCUT2D eigenvalue weighted by molar-refractivity contribution is -0.116. The fourth-order valence-corrected chi connectivity index (χ4v) is 3.97. The Balaban J connectivity index is 1.70. The molecule has 0 saturated heterocycles. The highest BCUT2D eigenvalue weighted by atomic mass is 35.5. The van der Waals surface area contributed by atoms with Crippen LogP contribution in [-0.4, -0.2) is 26.7 Å². The lowest BCUT2D eigenvalue weighted by Gasteiger charge is -2.30. The molecule has 4 nitrogen and oxygen atoms in total. The van der Waals surface area contributed by atoms with Crippen molar-refractivity contribution in [1.82, 2.24) is 5.32 Å². The van der Waals surface area contributed by atoms with Crippen LogP contribution in [0.2, 0.25) is 5.02 Å². The zero-order chi connectivity index (χ0) is 20.0. The van der Waals surface area contributed by atoms with E-state index >= 15 is 0 Å². The van der Waals surface area contributed by atoms with Gasteiger partial charge < -0.3 is 14.8 Å². The molecule has 1 N–H and O–H groups in total. The number of rotatable bonds is 7. The maximum Gasteiger partial charge on any atom is 0.244 e. The molecule has 5 heteroatoms. The van der Waals surface area contributed by atoms with Crippen LogP contribution >= 0.6 is 11.6 Å². The predicted molar refractivity (Wildman–Crippen MR) is 113 cm³/mol. The van der Waals surface area contributed by atoms with Crippen molar-refractivity contribution >= 4 is 23.6 Å². The Morgan fingerprint density at radius 2 is 1.75 bits per heavy atom. The molecule has 3 rings (SSSR count). The summed E-state index contributed by atoms with van der Waals surface area (Å²) >= 11 is 5.89. The minimum Gasteiger partial charge on any atom is -0.493 e. The van der Waals surface area contributed by atoms with Crippen LogP contribution in [0.5, 0.6) is 11.5 Å². The summed E-state index contributed by atoms with van der Waals surface area (Å²) < 4.78 is 10.8. The number of carbonyl (C=O) groups is 1. The molecule has 1 fully saturated rings. The number of carbonyl (C=O) groups excluding carboxylic acids is 1. The number of benzene rings is 2. The maximum absolute atomic E-state index is 12.4. The summed E-state index contributed by atoms with van der Waals surface area (Å²) in [4.78, 5) is 12.4. The van der Waals surface area contributed by atoms with Gasteiger partial charge in [-0.1, -0.05) is 42.6 Å². The first-order valence-corrected chi connectivity index (χ1v) is 9.88. The van der Waals surface area contributed by atoms with E-state index in [0.717, 1.165) is 37.0 Å². The van der Waals surface area contributed by atoms with Crippen molar-refractivity contribution in [3.8, 4) is 11.5 Å². The first kappa shape index (κ1) is 20.3. The van der Waals surface area contributed by atoms with Crippen molar-refractivity contribution in [1.29, 1.82) is 0 Å². The number of halogens is 1. The number of hydrogen-bond acceptors (Lipinski definition) is 3. The molecule has 0 atom stereocenters. The van der Waals surface area contributed by atoms with Crippen LogP contribution in [0.3, 0.4) is 0 Å². The van der Waals surface area contributed by atoms with Crippen LogP contribution in [0.25, 0.3) is 6.08 Å². The van der Waals surface area contributed by atoms with Crippen molar-refractivity contribution in [3.05, 3.63) is 64.7 Å². The van der Waals surface area contributed by atoms with Gasteiger partial charge in [0.2, 0.25) is 5.91 Å². The first-order valence-electron chi connectivity index (χ1n) is 9.50. The third kappa shape index (κ3) is 4.68. The Kier molecular flexibility index (Phi) is 6.63. The molecule has 28 heavy (non-hydrogen) atoms. The van der Waals surface area contributed by atoms with E-state index in [4.69, 9.17) is 21.1 Å². The normalized spacial score (nSPS) is 15.5. The van der Waals surface area contributed by atoms with Crippen LogP contribution in [0.15, 0.2) is 48.5 Å². The van der Waals surface area contributed by atoms with E-state index < -0.39 is 0 Å². The first-order chi connectivity index (χ1) is 13.6. The molecule has 0 bridgehead atoms. The molecule has 1 saturated carbocycles. The molecule has 1 aliphatic carbocycles. The van der Waals surface area contributed by atoms with Crippen LogP contribution < -0.4 is 14.8 Å². The second-order valence-electron chi connectivity index (χ2n) is 7.16. The predicted octanol–water partition coefficient (Wildman–Crippen LogP) is 5.00. The molecule has 0 aliphatic heterocycles. The topological polar surface area (TPSA) is 47.6 Å². The molecule has 1 aliphatic rings. The van der Waals surface area contributed by atoms with Crippen molar-refractivity contribution < 1.29 is 14.3 Å². The van der Waals surface area contributed by atoms with Gasteiger partial charge in [0.05, 0.1) is 14.2 Å². The number of amides is 1. The van der Waals surface area contributed by atoms with Gasteiger partial charge in [-0.25, -0.2) is 0 Å². The molecule has 2 aromatic carbocycles. The molecular weight excluding hydrogens is 374 g/mol. The third-order valence-electron chi connectivity index (χ3n) is 5.45. The molecular formula is C23H26ClNO3. The quantitative estimate of drug-likeness (QED) is 0.666. The highest BCUT2D eigenvalue weighted by Gasteiger charge is 2.36. The van der Waals surface area contributed by atoms with Gasteiger partial charge in [0.15, 0.2) is 11.5 Å². The molecule has 2 aromatic rings. The van der Waals surface area contributed by atoms with Gasteiger partial charge in [-0.05, 0) is 54.3 Å². The van der Waals surface area contributed by atoms with E-state index in [-0.39, 0.29) is 11.3 Å². The van der Waals surface area contributed by atoms with E-state index in [1.807, 2.05) is 36.4 Å². The van der Waals surface area contributed by atoms with Crippen LogP contribution in [0, 0.1) is 0 Å².